The molecule has 0 aliphatic carbocycles. The van der Waals surface area contributed by atoms with E-state index in [2.05, 4.69) is 23.3 Å². The minimum atomic E-state index is -0.694. The van der Waals surface area contributed by atoms with Gasteiger partial charge in [0.25, 0.3) is 5.91 Å². The van der Waals surface area contributed by atoms with E-state index < -0.39 is 11.9 Å². The van der Waals surface area contributed by atoms with Gasteiger partial charge in [0.15, 0.2) is 0 Å². The molecule has 0 bridgehead atoms. The Kier molecular flexibility index (Phi) is 11.3. The molecule has 116 valence electrons. The first-order valence-corrected chi connectivity index (χ1v) is 7.72. The molecule has 0 aromatic rings. The zero-order valence-electron chi connectivity index (χ0n) is 11.1. The third kappa shape index (κ3) is 9.02. The summed E-state index contributed by atoms with van der Waals surface area (Å²) in [6, 6.07) is -0.694. The summed E-state index contributed by atoms with van der Waals surface area (Å²) >= 11 is 4.71. The van der Waals surface area contributed by atoms with Crippen LogP contribution in [0.1, 0.15) is 19.3 Å². The summed E-state index contributed by atoms with van der Waals surface area (Å²) in [5.41, 5.74) is 2.01. The third-order valence-electron chi connectivity index (χ3n) is 2.39. The zero-order chi connectivity index (χ0) is 15.4. The molecule has 0 fully saturated rings. The Labute approximate surface area is 127 Å². The Morgan fingerprint density at radius 3 is 2.45 bits per heavy atom. The highest BCUT2D eigenvalue weighted by atomic mass is 32.2. The van der Waals surface area contributed by atoms with Crippen molar-refractivity contribution < 1.29 is 14.4 Å². The van der Waals surface area contributed by atoms with Crippen LogP contribution >= 0.6 is 24.6 Å². The molecule has 0 rings (SSSR count). The van der Waals surface area contributed by atoms with E-state index in [4.69, 9.17) is 11.0 Å². The summed E-state index contributed by atoms with van der Waals surface area (Å²) in [4.78, 5) is 33.8. The van der Waals surface area contributed by atoms with Gasteiger partial charge in [-0.1, -0.05) is 11.9 Å². The average molecular weight is 323 g/mol. The van der Waals surface area contributed by atoms with E-state index in [1.165, 1.54) is 0 Å². The van der Waals surface area contributed by atoms with Gasteiger partial charge < -0.3 is 10.6 Å². The van der Waals surface area contributed by atoms with Crippen molar-refractivity contribution >= 4 is 42.3 Å². The number of hydrogen-bond acceptors (Lipinski definition) is 7. The topological polar surface area (TPSA) is 139 Å². The first-order chi connectivity index (χ1) is 9.54. The number of hydrogen-bond donors (Lipinski definition) is 6. The highest BCUT2D eigenvalue weighted by Gasteiger charge is 2.19. The number of carbonyl (C=O) groups excluding carboxylic acids is 3. The lowest BCUT2D eigenvalue weighted by molar-refractivity contribution is -0.128. The summed E-state index contributed by atoms with van der Waals surface area (Å²) in [7, 11) is 0. The Bertz CT molecular complexity index is 330. The smallest absolute Gasteiger partial charge is 0.256 e. The third-order valence-corrected chi connectivity index (χ3v) is 3.11. The van der Waals surface area contributed by atoms with Crippen LogP contribution in [0.15, 0.2) is 0 Å². The maximum Gasteiger partial charge on any atom is 0.256 e. The van der Waals surface area contributed by atoms with Crippen molar-refractivity contribution in [2.75, 3.05) is 18.1 Å². The molecular weight excluding hydrogens is 302 g/mol. The fraction of sp³-hybridized carbons (Fsp3) is 0.700. The summed E-state index contributed by atoms with van der Waals surface area (Å²) in [6.07, 6.45) is 1.77. The molecule has 0 aromatic carbocycles. The molecule has 20 heavy (non-hydrogen) atoms. The van der Waals surface area contributed by atoms with Crippen LogP contribution < -0.4 is 27.0 Å². The van der Waals surface area contributed by atoms with Crippen molar-refractivity contribution in [2.45, 2.75) is 25.3 Å². The van der Waals surface area contributed by atoms with E-state index in [0.717, 1.165) is 11.9 Å². The Morgan fingerprint density at radius 1 is 1.20 bits per heavy atom. The van der Waals surface area contributed by atoms with E-state index >= 15 is 0 Å². The van der Waals surface area contributed by atoms with Crippen LogP contribution in [0.25, 0.3) is 0 Å². The molecular formula is C10H21N5O3S2. The molecule has 1 unspecified atom stereocenters. The second-order valence-corrected chi connectivity index (χ2v) is 4.88. The van der Waals surface area contributed by atoms with Gasteiger partial charge in [-0.25, -0.2) is 5.84 Å². The largest absolute Gasteiger partial charge is 0.355 e. The van der Waals surface area contributed by atoms with Gasteiger partial charge in [0.05, 0.1) is 11.5 Å². The number of amides is 3. The van der Waals surface area contributed by atoms with Crippen molar-refractivity contribution in [2.24, 2.45) is 11.0 Å². The van der Waals surface area contributed by atoms with Crippen LogP contribution in [0, 0.1) is 0 Å². The fourth-order valence-electron chi connectivity index (χ4n) is 1.44. The molecule has 0 saturated heterocycles. The molecule has 8 nitrogen and oxygen atoms in total. The maximum atomic E-state index is 11.5. The Hall–Kier alpha value is -0.970. The monoisotopic (exact) mass is 323 g/mol. The van der Waals surface area contributed by atoms with Gasteiger partial charge in [0.1, 0.15) is 6.04 Å². The molecule has 3 amide bonds. The van der Waals surface area contributed by atoms with Crippen LogP contribution in [0.3, 0.4) is 0 Å². The number of nitrogens with two attached hydrogens (primary N) is 2. The predicted molar refractivity (Wildman–Crippen MR) is 81.6 cm³/mol. The summed E-state index contributed by atoms with van der Waals surface area (Å²) in [6.45, 7) is 0.503. The SMILES string of the molecule is NNC(=O)C(CCCCNC(=O)CS)NC(=O)CSN. The molecule has 1 atom stereocenters. The van der Waals surface area contributed by atoms with Gasteiger partial charge in [-0.15, -0.1) is 0 Å². The van der Waals surface area contributed by atoms with Crippen LogP contribution in [0.5, 0.6) is 0 Å². The lowest BCUT2D eigenvalue weighted by Gasteiger charge is -2.16. The van der Waals surface area contributed by atoms with Crippen LogP contribution in [-0.2, 0) is 14.4 Å². The summed E-state index contributed by atoms with van der Waals surface area (Å²) in [5, 5.41) is 10.4. The van der Waals surface area contributed by atoms with Gasteiger partial charge in [-0.05, 0) is 19.3 Å². The normalized spacial score (nSPS) is 11.6. The van der Waals surface area contributed by atoms with E-state index in [0.29, 0.717) is 25.8 Å². The summed E-state index contributed by atoms with van der Waals surface area (Å²) in [5.74, 6) is 4.36. The minimum absolute atomic E-state index is 0.0757. The molecule has 7 N–H and O–H groups in total. The van der Waals surface area contributed by atoms with Gasteiger partial charge in [-0.2, -0.15) is 12.6 Å². The maximum absolute atomic E-state index is 11.5. The van der Waals surface area contributed by atoms with E-state index in [1.54, 1.807) is 0 Å². The van der Waals surface area contributed by atoms with Crippen molar-refractivity contribution in [3.63, 3.8) is 0 Å². The van der Waals surface area contributed by atoms with E-state index in [1.807, 2.05) is 5.43 Å². The first-order valence-electron chi connectivity index (χ1n) is 6.04. The molecule has 0 aliphatic heterocycles. The molecule has 0 spiro atoms. The quantitative estimate of drug-likeness (QED) is 0.0706. The number of rotatable bonds is 10. The van der Waals surface area contributed by atoms with Crippen molar-refractivity contribution in [1.29, 1.82) is 0 Å². The van der Waals surface area contributed by atoms with E-state index in [-0.39, 0.29) is 23.3 Å². The Balaban J connectivity index is 4.02. The molecule has 0 aromatic heterocycles. The van der Waals surface area contributed by atoms with Gasteiger partial charge in [-0.3, -0.25) is 24.9 Å². The average Bonchev–Trinajstić information content (AvgIpc) is 2.44. The molecule has 0 aliphatic rings. The molecule has 10 heteroatoms. The van der Waals surface area contributed by atoms with Crippen LogP contribution in [0.2, 0.25) is 0 Å². The number of nitrogens with one attached hydrogen (secondary N) is 3. The minimum Gasteiger partial charge on any atom is -0.355 e. The standard InChI is InChI=1S/C10H21N5O3S2/c11-15-10(18)7(14-9(17)6-20-12)3-1-2-4-13-8(16)5-19/h7,19H,1-6,11-12H2,(H,13,16)(H,14,17)(H,15,18). The molecule has 0 heterocycles. The number of hydrazine groups is 1. The van der Waals surface area contributed by atoms with Crippen molar-refractivity contribution in [3.8, 4) is 0 Å². The second-order valence-electron chi connectivity index (χ2n) is 3.94. The molecule has 0 saturated carbocycles. The highest BCUT2D eigenvalue weighted by Crippen LogP contribution is 2.01. The lowest BCUT2D eigenvalue weighted by atomic mass is 10.1. The number of unbranched alkanes of at least 4 members (excludes halogenated alkanes) is 1. The Morgan fingerprint density at radius 2 is 1.90 bits per heavy atom. The summed E-state index contributed by atoms with van der Waals surface area (Å²) < 4.78 is 0. The van der Waals surface area contributed by atoms with Gasteiger partial charge in [0.2, 0.25) is 11.8 Å². The molecule has 0 radical (unpaired) electrons. The first kappa shape index (κ1) is 19.0. The second kappa shape index (κ2) is 11.8. The van der Waals surface area contributed by atoms with Gasteiger partial charge >= 0.3 is 0 Å². The van der Waals surface area contributed by atoms with Crippen molar-refractivity contribution in [1.82, 2.24) is 16.1 Å². The van der Waals surface area contributed by atoms with E-state index in [9.17, 15) is 14.4 Å². The van der Waals surface area contributed by atoms with Crippen LogP contribution in [-0.4, -0.2) is 41.8 Å². The zero-order valence-corrected chi connectivity index (χ0v) is 12.8. The van der Waals surface area contributed by atoms with Gasteiger partial charge in [0, 0.05) is 6.54 Å². The fourth-order valence-corrected chi connectivity index (χ4v) is 1.78. The number of carbonyl (C=O) groups is 3. The van der Waals surface area contributed by atoms with Crippen LogP contribution in [0.4, 0.5) is 0 Å². The predicted octanol–water partition coefficient (Wildman–Crippen LogP) is -1.72. The van der Waals surface area contributed by atoms with Crippen molar-refractivity contribution in [3.05, 3.63) is 0 Å². The number of thiol groups is 1. The lowest BCUT2D eigenvalue weighted by Crippen LogP contribution is -2.49. The highest BCUT2D eigenvalue weighted by molar-refractivity contribution is 7.97.